The van der Waals surface area contributed by atoms with Gasteiger partial charge in [-0.1, -0.05) is 39.8 Å². The van der Waals surface area contributed by atoms with Crippen molar-refractivity contribution in [3.05, 3.63) is 29.3 Å². The highest BCUT2D eigenvalue weighted by molar-refractivity contribution is 5.41. The Hall–Kier alpha value is -1.02. The van der Waals surface area contributed by atoms with Gasteiger partial charge in [0, 0.05) is 6.61 Å². The lowest BCUT2D eigenvalue weighted by Crippen LogP contribution is -2.12. The van der Waals surface area contributed by atoms with Crippen molar-refractivity contribution in [3.63, 3.8) is 0 Å². The summed E-state index contributed by atoms with van der Waals surface area (Å²) in [7, 11) is 1.70. The molecule has 0 aliphatic carbocycles. The number of aliphatic hydroxyl groups is 1. The van der Waals surface area contributed by atoms with Crippen molar-refractivity contribution in [2.24, 2.45) is 0 Å². The van der Waals surface area contributed by atoms with E-state index < -0.39 is 0 Å². The number of hydrogen-bond acceptors (Lipinski definition) is 2. The van der Waals surface area contributed by atoms with Crippen molar-refractivity contribution in [1.29, 1.82) is 0 Å². The molecule has 0 saturated carbocycles. The lowest BCUT2D eigenvalue weighted by molar-refractivity contribution is 0.277. The van der Waals surface area contributed by atoms with Crippen LogP contribution in [0, 0.1) is 0 Å². The van der Waals surface area contributed by atoms with Crippen molar-refractivity contribution in [3.8, 4) is 5.75 Å². The molecule has 0 amide bonds. The Bertz CT molecular complexity index is 364. The van der Waals surface area contributed by atoms with Crippen molar-refractivity contribution < 1.29 is 9.84 Å². The van der Waals surface area contributed by atoms with Crippen molar-refractivity contribution in [2.45, 2.75) is 45.4 Å². The summed E-state index contributed by atoms with van der Waals surface area (Å²) >= 11 is 0. The third kappa shape index (κ3) is 3.47. The standard InChI is InChI=1S/C15H24O2/c1-11(8-9-16)13-10-12(15(2,3)4)6-7-14(13)17-5/h6-7,10-11,16H,8-9H2,1-5H3. The summed E-state index contributed by atoms with van der Waals surface area (Å²) in [5, 5.41) is 9.05. The first-order valence-corrected chi connectivity index (χ1v) is 6.19. The lowest BCUT2D eigenvalue weighted by Gasteiger charge is -2.23. The fourth-order valence-electron chi connectivity index (χ4n) is 1.94. The molecule has 2 nitrogen and oxygen atoms in total. The van der Waals surface area contributed by atoms with Gasteiger partial charge in [-0.25, -0.2) is 0 Å². The van der Waals surface area contributed by atoms with Gasteiger partial charge < -0.3 is 9.84 Å². The molecule has 0 aliphatic heterocycles. The second kappa shape index (κ2) is 5.54. The average Bonchev–Trinajstić information content (AvgIpc) is 2.27. The van der Waals surface area contributed by atoms with Crippen LogP contribution in [0.4, 0.5) is 0 Å². The second-order valence-electron chi connectivity index (χ2n) is 5.62. The maximum atomic E-state index is 9.05. The van der Waals surface area contributed by atoms with Crippen LogP contribution in [0.3, 0.4) is 0 Å². The number of rotatable bonds is 4. The third-order valence-corrected chi connectivity index (χ3v) is 3.19. The van der Waals surface area contributed by atoms with E-state index in [9.17, 15) is 0 Å². The van der Waals surface area contributed by atoms with Crippen LogP contribution in [0.15, 0.2) is 18.2 Å². The molecular weight excluding hydrogens is 212 g/mol. The van der Waals surface area contributed by atoms with Crippen LogP contribution in [-0.2, 0) is 5.41 Å². The maximum absolute atomic E-state index is 9.05. The predicted molar refractivity (Wildman–Crippen MR) is 71.8 cm³/mol. The van der Waals surface area contributed by atoms with Gasteiger partial charge in [0.05, 0.1) is 7.11 Å². The SMILES string of the molecule is COc1ccc(C(C)(C)C)cc1C(C)CCO. The van der Waals surface area contributed by atoms with Crippen molar-refractivity contribution in [2.75, 3.05) is 13.7 Å². The van der Waals surface area contributed by atoms with Gasteiger partial charge in [0.15, 0.2) is 0 Å². The van der Waals surface area contributed by atoms with Crippen LogP contribution in [0.1, 0.15) is 51.2 Å². The summed E-state index contributed by atoms with van der Waals surface area (Å²) in [6.07, 6.45) is 0.768. The van der Waals surface area contributed by atoms with Crippen LogP contribution in [-0.4, -0.2) is 18.8 Å². The van der Waals surface area contributed by atoms with Crippen molar-refractivity contribution in [1.82, 2.24) is 0 Å². The van der Waals surface area contributed by atoms with Gasteiger partial charge in [0.25, 0.3) is 0 Å². The first kappa shape index (κ1) is 14.0. The number of methoxy groups -OCH3 is 1. The number of aliphatic hydroxyl groups excluding tert-OH is 1. The van der Waals surface area contributed by atoms with E-state index in [1.165, 1.54) is 11.1 Å². The molecule has 1 aromatic carbocycles. The minimum Gasteiger partial charge on any atom is -0.496 e. The summed E-state index contributed by atoms with van der Waals surface area (Å²) < 4.78 is 5.40. The van der Waals surface area contributed by atoms with Gasteiger partial charge in [-0.3, -0.25) is 0 Å². The van der Waals surface area contributed by atoms with Gasteiger partial charge in [-0.15, -0.1) is 0 Å². The summed E-state index contributed by atoms with van der Waals surface area (Å²) in [6.45, 7) is 8.95. The molecule has 17 heavy (non-hydrogen) atoms. The minimum atomic E-state index is 0.139. The number of hydrogen-bond donors (Lipinski definition) is 1. The van der Waals surface area contributed by atoms with E-state index in [2.05, 4.69) is 39.8 Å². The highest BCUT2D eigenvalue weighted by atomic mass is 16.5. The van der Waals surface area contributed by atoms with Crippen LogP contribution >= 0.6 is 0 Å². The van der Waals surface area contributed by atoms with E-state index in [1.54, 1.807) is 7.11 Å². The largest absolute Gasteiger partial charge is 0.496 e. The maximum Gasteiger partial charge on any atom is 0.122 e. The summed E-state index contributed by atoms with van der Waals surface area (Å²) in [6, 6.07) is 6.36. The zero-order chi connectivity index (χ0) is 13.1. The van der Waals surface area contributed by atoms with Crippen LogP contribution in [0.25, 0.3) is 0 Å². The van der Waals surface area contributed by atoms with Gasteiger partial charge >= 0.3 is 0 Å². The van der Waals surface area contributed by atoms with Crippen molar-refractivity contribution >= 4 is 0 Å². The topological polar surface area (TPSA) is 29.5 Å². The van der Waals surface area contributed by atoms with Gasteiger partial charge in [0.1, 0.15) is 5.75 Å². The quantitative estimate of drug-likeness (QED) is 0.867. The van der Waals surface area contributed by atoms with E-state index in [1.807, 2.05) is 6.07 Å². The second-order valence-corrected chi connectivity index (χ2v) is 5.62. The predicted octanol–water partition coefficient (Wildman–Crippen LogP) is 3.48. The Kier molecular flexibility index (Phi) is 4.58. The fraction of sp³-hybridized carbons (Fsp3) is 0.600. The average molecular weight is 236 g/mol. The molecular formula is C15H24O2. The normalized spacial score (nSPS) is 13.5. The molecule has 1 rings (SSSR count). The number of ether oxygens (including phenoxy) is 1. The highest BCUT2D eigenvalue weighted by Gasteiger charge is 2.18. The first-order valence-electron chi connectivity index (χ1n) is 6.19. The molecule has 1 atom stereocenters. The summed E-state index contributed by atoms with van der Waals surface area (Å²) in [5.41, 5.74) is 2.63. The number of benzene rings is 1. The van der Waals surface area contributed by atoms with Gasteiger partial charge in [0.2, 0.25) is 0 Å². The molecule has 1 aromatic rings. The molecule has 0 bridgehead atoms. The Morgan fingerprint density at radius 3 is 2.41 bits per heavy atom. The third-order valence-electron chi connectivity index (χ3n) is 3.19. The van der Waals surface area contributed by atoms with Gasteiger partial charge in [-0.05, 0) is 34.9 Å². The Morgan fingerprint density at radius 2 is 1.94 bits per heavy atom. The highest BCUT2D eigenvalue weighted by Crippen LogP contribution is 2.33. The molecule has 0 aromatic heterocycles. The molecule has 96 valence electrons. The van der Waals surface area contributed by atoms with E-state index in [4.69, 9.17) is 9.84 Å². The Labute approximate surface area is 105 Å². The first-order chi connectivity index (χ1) is 7.90. The van der Waals surface area contributed by atoms with E-state index in [-0.39, 0.29) is 12.0 Å². The minimum absolute atomic E-state index is 0.139. The molecule has 0 fully saturated rings. The molecule has 0 spiro atoms. The zero-order valence-corrected chi connectivity index (χ0v) is 11.6. The van der Waals surface area contributed by atoms with E-state index >= 15 is 0 Å². The van der Waals surface area contributed by atoms with E-state index in [0.29, 0.717) is 5.92 Å². The Morgan fingerprint density at radius 1 is 1.29 bits per heavy atom. The smallest absolute Gasteiger partial charge is 0.122 e. The molecule has 0 aliphatic rings. The summed E-state index contributed by atoms with van der Waals surface area (Å²) in [5.74, 6) is 1.23. The molecule has 0 heterocycles. The van der Waals surface area contributed by atoms with Crippen LogP contribution in [0.2, 0.25) is 0 Å². The lowest BCUT2D eigenvalue weighted by atomic mass is 9.84. The molecule has 1 N–H and O–H groups in total. The van der Waals surface area contributed by atoms with Crippen LogP contribution < -0.4 is 4.74 Å². The summed E-state index contributed by atoms with van der Waals surface area (Å²) in [4.78, 5) is 0. The fourth-order valence-corrected chi connectivity index (χ4v) is 1.94. The molecule has 0 radical (unpaired) electrons. The van der Waals surface area contributed by atoms with Crippen LogP contribution in [0.5, 0.6) is 5.75 Å². The monoisotopic (exact) mass is 236 g/mol. The molecule has 1 unspecified atom stereocenters. The van der Waals surface area contributed by atoms with Gasteiger partial charge in [-0.2, -0.15) is 0 Å². The Balaban J connectivity index is 3.15. The zero-order valence-electron chi connectivity index (χ0n) is 11.6. The molecule has 2 heteroatoms. The molecule has 0 saturated heterocycles. The van der Waals surface area contributed by atoms with E-state index in [0.717, 1.165) is 12.2 Å².